The molecule has 0 saturated heterocycles. The molecule has 11 heavy (non-hydrogen) atoms. The molecular weight excluding hydrogens is 265 g/mol. The van der Waals surface area contributed by atoms with Crippen molar-refractivity contribution in [2.24, 2.45) is 0 Å². The minimum Gasteiger partial charge on any atom is -0.497 e. The predicted molar refractivity (Wildman–Crippen MR) is 45.6 cm³/mol. The van der Waals surface area contributed by atoms with E-state index in [4.69, 9.17) is 4.74 Å². The van der Waals surface area contributed by atoms with E-state index in [0.717, 1.165) is 6.07 Å². The summed E-state index contributed by atoms with van der Waals surface area (Å²) in [6.45, 7) is 0. The summed E-state index contributed by atoms with van der Waals surface area (Å²) in [5.41, 5.74) is 0. The Labute approximate surface area is 76.5 Å². The van der Waals surface area contributed by atoms with Crippen LogP contribution in [0.4, 0.5) is 8.78 Å². The summed E-state index contributed by atoms with van der Waals surface area (Å²) in [5, 5.41) is 0. The Hall–Kier alpha value is -0.390. The Morgan fingerprint density at radius 3 is 2.45 bits per heavy atom. The van der Waals surface area contributed by atoms with Crippen LogP contribution in [0.1, 0.15) is 0 Å². The van der Waals surface area contributed by atoms with Crippen molar-refractivity contribution in [1.82, 2.24) is 0 Å². The van der Waals surface area contributed by atoms with Crippen molar-refractivity contribution < 1.29 is 13.5 Å². The average Bonchev–Trinajstić information content (AvgIpc) is 1.99. The molecule has 0 spiro atoms. The Bertz CT molecular complexity index is 252. The van der Waals surface area contributed by atoms with E-state index >= 15 is 0 Å². The highest BCUT2D eigenvalue weighted by Crippen LogP contribution is 2.21. The quantitative estimate of drug-likeness (QED) is 0.563. The first-order chi connectivity index (χ1) is 5.15. The number of hydrogen-bond acceptors (Lipinski definition) is 1. The van der Waals surface area contributed by atoms with E-state index in [1.54, 1.807) is 22.6 Å². The molecule has 4 heteroatoms. The predicted octanol–water partition coefficient (Wildman–Crippen LogP) is 2.58. The van der Waals surface area contributed by atoms with E-state index < -0.39 is 11.6 Å². The van der Waals surface area contributed by atoms with Crippen molar-refractivity contribution >= 4 is 22.6 Å². The molecule has 0 aromatic heterocycles. The maximum absolute atomic E-state index is 12.6. The van der Waals surface area contributed by atoms with Gasteiger partial charge in [-0.15, -0.1) is 0 Å². The van der Waals surface area contributed by atoms with Crippen LogP contribution in [0.15, 0.2) is 12.1 Å². The Morgan fingerprint density at radius 2 is 2.00 bits per heavy atom. The monoisotopic (exact) mass is 270 g/mol. The van der Waals surface area contributed by atoms with Crippen LogP contribution in [0.3, 0.4) is 0 Å². The van der Waals surface area contributed by atoms with Gasteiger partial charge in [-0.3, -0.25) is 0 Å². The van der Waals surface area contributed by atoms with Gasteiger partial charge in [0.25, 0.3) is 0 Å². The standard InChI is InChI=1S/C7H5F2IO/c1-11-4-2-5(8)7(9)6(10)3-4/h2-3H,1H3. The van der Waals surface area contributed by atoms with Crippen LogP contribution < -0.4 is 4.74 Å². The number of hydrogen-bond donors (Lipinski definition) is 0. The second-order valence-corrected chi connectivity index (χ2v) is 3.07. The number of halogens is 3. The lowest BCUT2D eigenvalue weighted by Crippen LogP contribution is -1.91. The average molecular weight is 270 g/mol. The third-order valence-corrected chi connectivity index (χ3v) is 1.98. The highest BCUT2D eigenvalue weighted by molar-refractivity contribution is 14.1. The van der Waals surface area contributed by atoms with Gasteiger partial charge in [-0.2, -0.15) is 0 Å². The van der Waals surface area contributed by atoms with Crippen LogP contribution in [-0.4, -0.2) is 7.11 Å². The van der Waals surface area contributed by atoms with Crippen molar-refractivity contribution in [1.29, 1.82) is 0 Å². The van der Waals surface area contributed by atoms with Gasteiger partial charge in [0.1, 0.15) is 5.75 Å². The topological polar surface area (TPSA) is 9.23 Å². The van der Waals surface area contributed by atoms with E-state index in [9.17, 15) is 8.78 Å². The molecule has 0 bridgehead atoms. The minimum absolute atomic E-state index is 0.222. The summed E-state index contributed by atoms with van der Waals surface area (Å²) in [4.78, 5) is 0. The van der Waals surface area contributed by atoms with Gasteiger partial charge in [-0.05, 0) is 28.7 Å². The molecule has 0 heterocycles. The van der Waals surface area contributed by atoms with Gasteiger partial charge < -0.3 is 4.74 Å². The van der Waals surface area contributed by atoms with E-state index in [0.29, 0.717) is 5.75 Å². The number of ether oxygens (including phenoxy) is 1. The molecule has 1 aromatic rings. The molecule has 0 amide bonds. The van der Waals surface area contributed by atoms with Gasteiger partial charge in [0.2, 0.25) is 0 Å². The normalized spacial score (nSPS) is 9.82. The molecule has 60 valence electrons. The lowest BCUT2D eigenvalue weighted by atomic mass is 10.3. The maximum atomic E-state index is 12.6. The Kier molecular flexibility index (Phi) is 2.64. The lowest BCUT2D eigenvalue weighted by Gasteiger charge is -2.01. The first-order valence-electron chi connectivity index (χ1n) is 2.83. The molecule has 0 atom stereocenters. The van der Waals surface area contributed by atoms with Crippen LogP contribution in [0.2, 0.25) is 0 Å². The summed E-state index contributed by atoms with van der Waals surface area (Å²) in [5.74, 6) is -1.38. The molecule has 1 rings (SSSR count). The van der Waals surface area contributed by atoms with Crippen LogP contribution in [0, 0.1) is 15.2 Å². The van der Waals surface area contributed by atoms with Gasteiger partial charge in [0, 0.05) is 6.07 Å². The van der Waals surface area contributed by atoms with Crippen molar-refractivity contribution in [2.45, 2.75) is 0 Å². The smallest absolute Gasteiger partial charge is 0.172 e. The third-order valence-electron chi connectivity index (χ3n) is 1.19. The summed E-state index contributed by atoms with van der Waals surface area (Å²) >= 11 is 1.70. The first kappa shape index (κ1) is 8.70. The number of benzene rings is 1. The zero-order chi connectivity index (χ0) is 8.43. The van der Waals surface area contributed by atoms with E-state index in [-0.39, 0.29) is 3.57 Å². The van der Waals surface area contributed by atoms with Gasteiger partial charge in [0.05, 0.1) is 10.7 Å². The van der Waals surface area contributed by atoms with E-state index in [2.05, 4.69) is 0 Å². The molecule has 0 fully saturated rings. The summed E-state index contributed by atoms with van der Waals surface area (Å²) in [6, 6.07) is 2.44. The summed E-state index contributed by atoms with van der Waals surface area (Å²) in [7, 11) is 1.41. The minimum atomic E-state index is -0.881. The van der Waals surface area contributed by atoms with Crippen LogP contribution >= 0.6 is 22.6 Å². The molecule has 1 aromatic carbocycles. The molecule has 0 radical (unpaired) electrons. The van der Waals surface area contributed by atoms with Gasteiger partial charge in [-0.25, -0.2) is 8.78 Å². The Morgan fingerprint density at radius 1 is 1.36 bits per heavy atom. The van der Waals surface area contributed by atoms with Crippen LogP contribution in [0.5, 0.6) is 5.75 Å². The van der Waals surface area contributed by atoms with Crippen LogP contribution in [-0.2, 0) is 0 Å². The molecule has 0 aliphatic carbocycles. The van der Waals surface area contributed by atoms with Crippen LogP contribution in [0.25, 0.3) is 0 Å². The Balaban J connectivity index is 3.21. The molecular formula is C7H5F2IO. The summed E-state index contributed by atoms with van der Waals surface area (Å²) in [6.07, 6.45) is 0. The third kappa shape index (κ3) is 1.79. The SMILES string of the molecule is COc1cc(F)c(F)c(I)c1. The van der Waals surface area contributed by atoms with E-state index in [1.807, 2.05) is 0 Å². The van der Waals surface area contributed by atoms with Crippen molar-refractivity contribution in [3.8, 4) is 5.75 Å². The van der Waals surface area contributed by atoms with Gasteiger partial charge in [0.15, 0.2) is 11.6 Å². The number of rotatable bonds is 1. The highest BCUT2D eigenvalue weighted by Gasteiger charge is 2.07. The van der Waals surface area contributed by atoms with Crippen molar-refractivity contribution in [3.05, 3.63) is 27.3 Å². The van der Waals surface area contributed by atoms with Gasteiger partial charge >= 0.3 is 0 Å². The highest BCUT2D eigenvalue weighted by atomic mass is 127. The number of methoxy groups -OCH3 is 1. The fraction of sp³-hybridized carbons (Fsp3) is 0.143. The zero-order valence-corrected chi connectivity index (χ0v) is 7.85. The largest absolute Gasteiger partial charge is 0.497 e. The summed E-state index contributed by atoms with van der Waals surface area (Å²) < 4.78 is 30.1. The lowest BCUT2D eigenvalue weighted by molar-refractivity contribution is 0.405. The second kappa shape index (κ2) is 3.34. The fourth-order valence-electron chi connectivity index (χ4n) is 0.650. The molecule has 1 nitrogen and oxygen atoms in total. The molecule has 0 aliphatic heterocycles. The van der Waals surface area contributed by atoms with E-state index in [1.165, 1.54) is 13.2 Å². The zero-order valence-electron chi connectivity index (χ0n) is 5.70. The maximum Gasteiger partial charge on any atom is 0.172 e. The van der Waals surface area contributed by atoms with Crippen molar-refractivity contribution in [2.75, 3.05) is 7.11 Å². The molecule has 0 N–H and O–H groups in total. The second-order valence-electron chi connectivity index (χ2n) is 1.91. The molecule has 0 saturated carbocycles. The van der Waals surface area contributed by atoms with Gasteiger partial charge in [-0.1, -0.05) is 0 Å². The van der Waals surface area contributed by atoms with Crippen molar-refractivity contribution in [3.63, 3.8) is 0 Å². The fourth-order valence-corrected chi connectivity index (χ4v) is 1.21. The molecule has 0 unspecified atom stereocenters. The first-order valence-corrected chi connectivity index (χ1v) is 3.91. The molecule has 0 aliphatic rings.